The molecule has 2 heterocycles. The molecule has 12 heteroatoms. The van der Waals surface area contributed by atoms with Crippen LogP contribution in [0.2, 0.25) is 0 Å². The summed E-state index contributed by atoms with van der Waals surface area (Å²) in [6.07, 6.45) is -3.13. The van der Waals surface area contributed by atoms with Crippen LogP contribution in [0.4, 0.5) is 24.7 Å². The first-order chi connectivity index (χ1) is 17.0. The molecule has 4 rings (SSSR count). The number of aryl methyl sites for hydroxylation is 2. The third-order valence-corrected chi connectivity index (χ3v) is 6.44. The van der Waals surface area contributed by atoms with E-state index in [1.54, 1.807) is 17.9 Å². The molecule has 0 aliphatic heterocycles. The molecule has 36 heavy (non-hydrogen) atoms. The number of anilines is 2. The molecule has 4 N–H and O–H groups in total. The van der Waals surface area contributed by atoms with Crippen molar-refractivity contribution in [2.24, 2.45) is 7.05 Å². The minimum atomic E-state index is -4.61. The summed E-state index contributed by atoms with van der Waals surface area (Å²) in [7, 11) is 1.90. The largest absolute Gasteiger partial charge is 0.490 e. The first-order valence-electron chi connectivity index (χ1n) is 12.1. The number of aliphatic hydroxyl groups is 2. The summed E-state index contributed by atoms with van der Waals surface area (Å²) in [6.45, 7) is 3.52. The lowest BCUT2D eigenvalue weighted by Crippen LogP contribution is -2.44. The molecule has 1 fully saturated rings. The van der Waals surface area contributed by atoms with Gasteiger partial charge in [0, 0.05) is 43.5 Å². The fourth-order valence-corrected chi connectivity index (χ4v) is 4.48. The van der Waals surface area contributed by atoms with Crippen molar-refractivity contribution in [3.63, 3.8) is 0 Å². The predicted molar refractivity (Wildman–Crippen MR) is 129 cm³/mol. The minimum Gasteiger partial charge on any atom is -0.490 e. The van der Waals surface area contributed by atoms with Crippen LogP contribution in [0.15, 0.2) is 24.5 Å². The molecule has 2 aromatic heterocycles. The van der Waals surface area contributed by atoms with Gasteiger partial charge in [-0.05, 0) is 39.5 Å². The molecule has 1 aliphatic carbocycles. The van der Waals surface area contributed by atoms with Crippen molar-refractivity contribution in [2.45, 2.75) is 76.6 Å². The Hall–Kier alpha value is -2.83. The topological polar surface area (TPSA) is 109 Å². The number of imidazole rings is 1. The number of halogens is 3. The van der Waals surface area contributed by atoms with Gasteiger partial charge in [-0.3, -0.25) is 4.68 Å². The molecule has 1 saturated carbocycles. The molecule has 0 saturated heterocycles. The van der Waals surface area contributed by atoms with Crippen LogP contribution >= 0.6 is 0 Å². The summed E-state index contributed by atoms with van der Waals surface area (Å²) >= 11 is 0. The first-order valence-corrected chi connectivity index (χ1v) is 12.1. The number of fused-ring (bicyclic) bond motifs is 1. The fraction of sp³-hybridized carbons (Fsp3) is 0.583. The van der Waals surface area contributed by atoms with E-state index in [1.807, 2.05) is 36.7 Å². The average Bonchev–Trinajstić information content (AvgIpc) is 3.34. The zero-order valence-corrected chi connectivity index (χ0v) is 20.6. The van der Waals surface area contributed by atoms with Crippen LogP contribution in [0, 0.1) is 6.92 Å². The zero-order chi connectivity index (χ0) is 26.0. The molecule has 1 aliphatic rings. The maximum atomic E-state index is 12.5. The van der Waals surface area contributed by atoms with Crippen molar-refractivity contribution in [1.82, 2.24) is 24.6 Å². The highest BCUT2D eigenvalue weighted by molar-refractivity contribution is 5.91. The maximum absolute atomic E-state index is 12.5. The molecular weight excluding hydrogens is 477 g/mol. The third kappa shape index (κ3) is 6.29. The van der Waals surface area contributed by atoms with Crippen LogP contribution in [-0.4, -0.2) is 66.6 Å². The summed E-state index contributed by atoms with van der Waals surface area (Å²) in [5, 5.41) is 29.6. The van der Waals surface area contributed by atoms with Crippen molar-refractivity contribution >= 4 is 22.5 Å². The summed E-state index contributed by atoms with van der Waals surface area (Å²) in [5.41, 5.74) is 3.30. The van der Waals surface area contributed by atoms with E-state index in [9.17, 15) is 23.4 Å². The molecule has 3 aromatic rings. The third-order valence-electron chi connectivity index (χ3n) is 6.44. The predicted octanol–water partition coefficient (Wildman–Crippen LogP) is 3.41. The second-order valence-electron chi connectivity index (χ2n) is 9.58. The second kappa shape index (κ2) is 10.7. The Labute approximate surface area is 207 Å². The van der Waals surface area contributed by atoms with E-state index in [4.69, 9.17) is 4.74 Å². The van der Waals surface area contributed by atoms with Gasteiger partial charge in [-0.25, -0.2) is 4.98 Å². The van der Waals surface area contributed by atoms with Crippen LogP contribution in [-0.2, 0) is 13.6 Å². The van der Waals surface area contributed by atoms with Crippen LogP contribution in [0.1, 0.15) is 38.3 Å². The molecule has 0 amide bonds. The van der Waals surface area contributed by atoms with E-state index < -0.39 is 24.9 Å². The van der Waals surface area contributed by atoms with E-state index >= 15 is 0 Å². The summed E-state index contributed by atoms with van der Waals surface area (Å²) in [4.78, 5) is 4.50. The molecule has 0 bridgehead atoms. The Morgan fingerprint density at radius 1 is 1.17 bits per heavy atom. The van der Waals surface area contributed by atoms with Gasteiger partial charge < -0.3 is 30.2 Å². The quantitative estimate of drug-likeness (QED) is 0.349. The number of rotatable bonds is 9. The van der Waals surface area contributed by atoms with Crippen LogP contribution in [0.3, 0.4) is 0 Å². The van der Waals surface area contributed by atoms with E-state index in [0.717, 1.165) is 22.4 Å². The lowest BCUT2D eigenvalue weighted by Gasteiger charge is -2.30. The number of benzene rings is 1. The monoisotopic (exact) mass is 510 g/mol. The highest BCUT2D eigenvalue weighted by Gasteiger charge is 2.38. The van der Waals surface area contributed by atoms with Gasteiger partial charge in [0.2, 0.25) is 0 Å². The standard InChI is InChI=1S/C24H33F3N6O3/c1-14-8-22(31-33(14)12-15(2)34)30-19-9-18(10-20-23(19)29-13-32(20)3)36-17-6-4-16(5-7-17)28-11-21(35)24(25,26)27/h8-10,13,15-17,21,28,34-35H,4-7,11-12H2,1-3H3,(H,30,31)/t15-,16-,17+,21+/m0/s1. The Kier molecular flexibility index (Phi) is 7.76. The Morgan fingerprint density at radius 2 is 1.89 bits per heavy atom. The van der Waals surface area contributed by atoms with E-state index in [0.29, 0.717) is 43.8 Å². The number of alkyl halides is 3. The number of hydrogen-bond acceptors (Lipinski definition) is 7. The first kappa shape index (κ1) is 26.2. The molecule has 1 aromatic carbocycles. The number of nitrogens with zero attached hydrogens (tertiary/aromatic N) is 4. The molecule has 0 radical (unpaired) electrons. The Bertz CT molecular complexity index is 1170. The number of hydrogen-bond donors (Lipinski definition) is 4. The number of ether oxygens (including phenoxy) is 1. The molecular formula is C24H33F3N6O3. The van der Waals surface area contributed by atoms with E-state index in [-0.39, 0.29) is 12.1 Å². The fourth-order valence-electron chi connectivity index (χ4n) is 4.48. The van der Waals surface area contributed by atoms with Crippen LogP contribution < -0.4 is 15.4 Å². The van der Waals surface area contributed by atoms with Gasteiger partial charge in [0.15, 0.2) is 11.9 Å². The van der Waals surface area contributed by atoms with Gasteiger partial charge in [-0.15, -0.1) is 0 Å². The van der Waals surface area contributed by atoms with E-state index in [2.05, 4.69) is 20.7 Å². The maximum Gasteiger partial charge on any atom is 0.415 e. The summed E-state index contributed by atoms with van der Waals surface area (Å²) in [6, 6.07) is 5.62. The molecule has 0 unspecified atom stereocenters. The summed E-state index contributed by atoms with van der Waals surface area (Å²) in [5.74, 6) is 1.29. The highest BCUT2D eigenvalue weighted by atomic mass is 19.4. The molecule has 198 valence electrons. The van der Waals surface area contributed by atoms with Gasteiger partial charge in [0.1, 0.15) is 11.3 Å². The summed E-state index contributed by atoms with van der Waals surface area (Å²) < 4.78 is 47.5. The zero-order valence-electron chi connectivity index (χ0n) is 20.6. The lowest BCUT2D eigenvalue weighted by molar-refractivity contribution is -0.202. The number of nitrogens with one attached hydrogen (secondary N) is 2. The second-order valence-corrected chi connectivity index (χ2v) is 9.58. The van der Waals surface area contributed by atoms with Gasteiger partial charge in [-0.2, -0.15) is 18.3 Å². The van der Waals surface area contributed by atoms with Gasteiger partial charge in [0.05, 0.1) is 36.3 Å². The van der Waals surface area contributed by atoms with Crippen molar-refractivity contribution in [1.29, 1.82) is 0 Å². The highest BCUT2D eigenvalue weighted by Crippen LogP contribution is 2.33. The minimum absolute atomic E-state index is 0.0680. The normalized spacial score (nSPS) is 20.4. The SMILES string of the molecule is Cc1cc(Nc2cc(O[C@H]3CC[C@@H](NC[C@@H](O)C(F)(F)F)CC3)cc3c2ncn3C)nn1C[C@H](C)O. The van der Waals surface area contributed by atoms with Gasteiger partial charge in [0.25, 0.3) is 0 Å². The molecule has 2 atom stereocenters. The van der Waals surface area contributed by atoms with Crippen LogP contribution in [0.25, 0.3) is 11.0 Å². The van der Waals surface area contributed by atoms with Crippen molar-refractivity contribution in [3.8, 4) is 5.75 Å². The van der Waals surface area contributed by atoms with Crippen molar-refractivity contribution in [2.75, 3.05) is 11.9 Å². The Balaban J connectivity index is 1.42. The lowest BCUT2D eigenvalue weighted by atomic mass is 9.93. The van der Waals surface area contributed by atoms with E-state index in [1.165, 1.54) is 0 Å². The Morgan fingerprint density at radius 3 is 2.56 bits per heavy atom. The average molecular weight is 511 g/mol. The smallest absolute Gasteiger partial charge is 0.415 e. The molecule has 0 spiro atoms. The number of aromatic nitrogens is 4. The van der Waals surface area contributed by atoms with Crippen molar-refractivity contribution < 1.29 is 28.1 Å². The molecule has 9 nitrogen and oxygen atoms in total. The van der Waals surface area contributed by atoms with Crippen molar-refractivity contribution in [3.05, 3.63) is 30.2 Å². The van der Waals surface area contributed by atoms with Gasteiger partial charge in [-0.1, -0.05) is 0 Å². The van der Waals surface area contributed by atoms with Gasteiger partial charge >= 0.3 is 6.18 Å². The van der Waals surface area contributed by atoms with Crippen LogP contribution in [0.5, 0.6) is 5.75 Å². The number of aliphatic hydroxyl groups excluding tert-OH is 2.